The van der Waals surface area contributed by atoms with Gasteiger partial charge >= 0.3 is 0 Å². The molecule has 24 heavy (non-hydrogen) atoms. The maximum Gasteiger partial charge on any atom is 0.264 e. The molecular weight excluding hydrogens is 306 g/mol. The third-order valence-electron chi connectivity index (χ3n) is 4.71. The number of benzene rings is 1. The molecule has 1 aromatic heterocycles. The van der Waals surface area contributed by atoms with E-state index >= 15 is 0 Å². The highest BCUT2D eigenvalue weighted by molar-refractivity contribution is 5.83. The summed E-state index contributed by atoms with van der Waals surface area (Å²) in [4.78, 5) is 19.3. The lowest BCUT2D eigenvalue weighted by atomic mass is 10.1. The van der Waals surface area contributed by atoms with Crippen molar-refractivity contribution < 1.29 is 14.1 Å². The summed E-state index contributed by atoms with van der Waals surface area (Å²) in [6.07, 6.45) is 1.99. The van der Waals surface area contributed by atoms with Gasteiger partial charge in [-0.2, -0.15) is 4.98 Å². The molecule has 1 amide bonds. The van der Waals surface area contributed by atoms with E-state index in [2.05, 4.69) is 10.1 Å². The zero-order chi connectivity index (χ0) is 16.7. The lowest BCUT2D eigenvalue weighted by molar-refractivity contribution is -0.139. The summed E-state index contributed by atoms with van der Waals surface area (Å²) in [5.41, 5.74) is 1.09. The molecule has 0 aliphatic carbocycles. The van der Waals surface area contributed by atoms with Crippen LogP contribution < -0.4 is 4.74 Å². The number of carbonyl (C=O) groups is 1. The van der Waals surface area contributed by atoms with Crippen molar-refractivity contribution in [1.29, 1.82) is 0 Å². The Balaban J connectivity index is 1.51. The van der Waals surface area contributed by atoms with Gasteiger partial charge in [-0.3, -0.25) is 4.79 Å². The predicted molar refractivity (Wildman–Crippen MR) is 86.6 cm³/mol. The molecule has 2 atom stereocenters. The van der Waals surface area contributed by atoms with E-state index in [1.807, 2.05) is 43.0 Å². The molecule has 6 heteroatoms. The Hall–Kier alpha value is -2.37. The van der Waals surface area contributed by atoms with Crippen LogP contribution in [-0.2, 0) is 11.2 Å². The van der Waals surface area contributed by atoms with Crippen LogP contribution in [0.2, 0.25) is 0 Å². The van der Waals surface area contributed by atoms with Gasteiger partial charge in [-0.25, -0.2) is 0 Å². The van der Waals surface area contributed by atoms with Crippen molar-refractivity contribution in [2.75, 3.05) is 6.54 Å². The lowest BCUT2D eigenvalue weighted by Gasteiger charge is -2.25. The first-order valence-electron chi connectivity index (χ1n) is 8.52. The number of para-hydroxylation sites is 1. The fraction of sp³-hybridized carbons (Fsp3) is 0.500. The molecule has 1 fully saturated rings. The number of aromatic nitrogens is 2. The van der Waals surface area contributed by atoms with Gasteiger partial charge in [0.15, 0.2) is 11.9 Å². The van der Waals surface area contributed by atoms with E-state index in [0.29, 0.717) is 24.7 Å². The summed E-state index contributed by atoms with van der Waals surface area (Å²) in [6, 6.07) is 7.72. The molecule has 2 aromatic rings. The minimum atomic E-state index is -0.445. The quantitative estimate of drug-likeness (QED) is 0.867. The standard InChI is InChI=1S/C18H21N3O3/c1-11(2)17-19-16(20-24-17)13-7-5-9-21(13)18(22)15-10-12-6-3-4-8-14(12)23-15/h3-4,6,8,11,13,15H,5,7,9-10H2,1-2H3. The number of rotatable bonds is 3. The van der Waals surface area contributed by atoms with Gasteiger partial charge in [-0.15, -0.1) is 0 Å². The zero-order valence-electron chi connectivity index (χ0n) is 13.9. The summed E-state index contributed by atoms with van der Waals surface area (Å²) in [7, 11) is 0. The van der Waals surface area contributed by atoms with Gasteiger partial charge in [0.2, 0.25) is 5.89 Å². The maximum atomic E-state index is 13.0. The molecular formula is C18H21N3O3. The Labute approximate surface area is 140 Å². The van der Waals surface area contributed by atoms with E-state index in [9.17, 15) is 4.79 Å². The molecule has 0 radical (unpaired) electrons. The normalized spacial score (nSPS) is 22.7. The van der Waals surface area contributed by atoms with Gasteiger partial charge in [0.05, 0.1) is 6.04 Å². The Morgan fingerprint density at radius 2 is 2.17 bits per heavy atom. The summed E-state index contributed by atoms with van der Waals surface area (Å²) in [5, 5.41) is 4.10. The topological polar surface area (TPSA) is 68.5 Å². The second kappa shape index (κ2) is 5.92. The van der Waals surface area contributed by atoms with E-state index in [1.54, 1.807) is 0 Å². The summed E-state index contributed by atoms with van der Waals surface area (Å²) in [6.45, 7) is 4.74. The van der Waals surface area contributed by atoms with E-state index in [0.717, 1.165) is 24.2 Å². The Morgan fingerprint density at radius 1 is 1.33 bits per heavy atom. The SMILES string of the molecule is CC(C)c1nc(C2CCCN2C(=O)C2Cc3ccccc3O2)no1. The van der Waals surface area contributed by atoms with E-state index in [1.165, 1.54) is 0 Å². The third-order valence-corrected chi connectivity index (χ3v) is 4.71. The van der Waals surface area contributed by atoms with Gasteiger partial charge in [0, 0.05) is 18.9 Å². The summed E-state index contributed by atoms with van der Waals surface area (Å²) >= 11 is 0. The Bertz CT molecular complexity index is 730. The highest BCUT2D eigenvalue weighted by Gasteiger charge is 2.39. The number of ether oxygens (including phenoxy) is 1. The van der Waals surface area contributed by atoms with Crippen LogP contribution in [0.3, 0.4) is 0 Å². The van der Waals surface area contributed by atoms with E-state index in [4.69, 9.17) is 9.26 Å². The minimum Gasteiger partial charge on any atom is -0.480 e. The number of hydrogen-bond donors (Lipinski definition) is 0. The van der Waals surface area contributed by atoms with Crippen LogP contribution in [0.25, 0.3) is 0 Å². The van der Waals surface area contributed by atoms with Crippen molar-refractivity contribution in [3.63, 3.8) is 0 Å². The Kier molecular flexibility index (Phi) is 3.75. The molecule has 1 aromatic carbocycles. The summed E-state index contributed by atoms with van der Waals surface area (Å²) < 4.78 is 11.2. The van der Waals surface area contributed by atoms with Crippen molar-refractivity contribution in [3.05, 3.63) is 41.5 Å². The molecule has 1 saturated heterocycles. The first kappa shape index (κ1) is 15.2. The van der Waals surface area contributed by atoms with E-state index < -0.39 is 6.10 Å². The number of carbonyl (C=O) groups excluding carboxylic acids is 1. The number of hydrogen-bond acceptors (Lipinski definition) is 5. The predicted octanol–water partition coefficient (Wildman–Crippen LogP) is 2.86. The fourth-order valence-electron chi connectivity index (χ4n) is 3.42. The van der Waals surface area contributed by atoms with Crippen LogP contribution in [0.4, 0.5) is 0 Å². The third kappa shape index (κ3) is 2.56. The smallest absolute Gasteiger partial charge is 0.264 e. The van der Waals surface area contributed by atoms with Crippen LogP contribution in [0.5, 0.6) is 5.75 Å². The minimum absolute atomic E-state index is 0.0181. The van der Waals surface area contributed by atoms with Gasteiger partial charge in [-0.1, -0.05) is 37.2 Å². The van der Waals surface area contributed by atoms with Crippen LogP contribution >= 0.6 is 0 Å². The van der Waals surface area contributed by atoms with Crippen LogP contribution in [0.1, 0.15) is 55.9 Å². The highest BCUT2D eigenvalue weighted by atomic mass is 16.5. The molecule has 0 N–H and O–H groups in total. The molecule has 126 valence electrons. The molecule has 4 rings (SSSR count). The number of fused-ring (bicyclic) bond motifs is 1. The van der Waals surface area contributed by atoms with Crippen molar-refractivity contribution in [1.82, 2.24) is 15.0 Å². The second-order valence-electron chi connectivity index (χ2n) is 6.75. The van der Waals surface area contributed by atoms with Crippen molar-refractivity contribution >= 4 is 5.91 Å². The molecule has 3 heterocycles. The maximum absolute atomic E-state index is 13.0. The lowest BCUT2D eigenvalue weighted by Crippen LogP contribution is -2.41. The first-order valence-corrected chi connectivity index (χ1v) is 8.52. The average Bonchev–Trinajstić information content (AvgIpc) is 3.30. The molecule has 0 saturated carbocycles. The number of likely N-dealkylation sites (tertiary alicyclic amines) is 1. The molecule has 2 aliphatic heterocycles. The number of amides is 1. The van der Waals surface area contributed by atoms with Crippen molar-refractivity contribution in [3.8, 4) is 5.75 Å². The van der Waals surface area contributed by atoms with E-state index in [-0.39, 0.29) is 17.9 Å². The molecule has 6 nitrogen and oxygen atoms in total. The molecule has 2 aliphatic rings. The van der Waals surface area contributed by atoms with Crippen LogP contribution in [0.15, 0.2) is 28.8 Å². The fourth-order valence-corrected chi connectivity index (χ4v) is 3.42. The van der Waals surface area contributed by atoms with Crippen LogP contribution in [-0.4, -0.2) is 33.6 Å². The molecule has 0 bridgehead atoms. The Morgan fingerprint density at radius 3 is 2.92 bits per heavy atom. The monoisotopic (exact) mass is 327 g/mol. The average molecular weight is 327 g/mol. The highest BCUT2D eigenvalue weighted by Crippen LogP contribution is 2.34. The first-order chi connectivity index (χ1) is 11.6. The molecule has 2 unspecified atom stereocenters. The van der Waals surface area contributed by atoms with Crippen molar-refractivity contribution in [2.24, 2.45) is 0 Å². The van der Waals surface area contributed by atoms with Crippen LogP contribution in [0, 0.1) is 0 Å². The zero-order valence-corrected chi connectivity index (χ0v) is 13.9. The van der Waals surface area contributed by atoms with Gasteiger partial charge in [-0.05, 0) is 24.5 Å². The largest absolute Gasteiger partial charge is 0.480 e. The number of nitrogens with zero attached hydrogens (tertiary/aromatic N) is 3. The second-order valence-corrected chi connectivity index (χ2v) is 6.75. The van der Waals surface area contributed by atoms with Gasteiger partial charge in [0.25, 0.3) is 5.91 Å². The van der Waals surface area contributed by atoms with Gasteiger partial charge in [0.1, 0.15) is 5.75 Å². The summed E-state index contributed by atoms with van der Waals surface area (Å²) in [5.74, 6) is 2.25. The van der Waals surface area contributed by atoms with Crippen molar-refractivity contribution in [2.45, 2.75) is 51.2 Å². The molecule has 0 spiro atoms. The van der Waals surface area contributed by atoms with Gasteiger partial charge < -0.3 is 14.2 Å².